The molecular weight excluding hydrogens is 346 g/mol. The molecule has 1 atom stereocenters. The molecule has 116 valence electrons. The second kappa shape index (κ2) is 6.48. The molecule has 1 heterocycles. The molecule has 0 amide bonds. The van der Waals surface area contributed by atoms with Crippen LogP contribution in [0.5, 0.6) is 0 Å². The number of halogens is 3. The smallest absolute Gasteiger partial charge is 0.341 e. The Bertz CT molecular complexity index is 656. The highest BCUT2D eigenvalue weighted by molar-refractivity contribution is 8.13. The molecule has 1 aromatic rings. The number of hydrogen-bond donors (Lipinski definition) is 0. The fraction of sp³-hybridized carbons (Fsp3) is 0.417. The van der Waals surface area contributed by atoms with E-state index in [4.69, 9.17) is 31.8 Å². The normalized spacial score (nSPS) is 18.7. The Balaban J connectivity index is 2.20. The fourth-order valence-electron chi connectivity index (χ4n) is 1.86. The van der Waals surface area contributed by atoms with E-state index < -0.39 is 36.3 Å². The number of carbonyl (C=O) groups excluding carboxylic acids is 1. The van der Waals surface area contributed by atoms with Gasteiger partial charge in [0.1, 0.15) is 10.7 Å². The van der Waals surface area contributed by atoms with Crippen LogP contribution in [0.25, 0.3) is 0 Å². The van der Waals surface area contributed by atoms with Crippen LogP contribution in [0.3, 0.4) is 0 Å². The third-order valence-electron chi connectivity index (χ3n) is 2.98. The van der Waals surface area contributed by atoms with Crippen LogP contribution in [0.4, 0.5) is 4.39 Å². The zero-order chi connectivity index (χ0) is 15.6. The molecule has 1 unspecified atom stereocenters. The Kier molecular flexibility index (Phi) is 5.08. The molecule has 9 heteroatoms. The van der Waals surface area contributed by atoms with Gasteiger partial charge in [-0.05, 0) is 18.6 Å². The van der Waals surface area contributed by atoms with Crippen molar-refractivity contribution in [2.75, 3.05) is 19.8 Å². The third-order valence-corrected chi connectivity index (χ3v) is 4.76. The van der Waals surface area contributed by atoms with Crippen LogP contribution >= 0.6 is 22.3 Å². The van der Waals surface area contributed by atoms with Crippen molar-refractivity contribution in [3.05, 3.63) is 28.5 Å². The molecule has 0 spiro atoms. The third kappa shape index (κ3) is 4.06. The Morgan fingerprint density at radius 3 is 2.76 bits per heavy atom. The van der Waals surface area contributed by atoms with Gasteiger partial charge in [0.25, 0.3) is 9.05 Å². The minimum absolute atomic E-state index is 0.0561. The van der Waals surface area contributed by atoms with Gasteiger partial charge >= 0.3 is 5.97 Å². The van der Waals surface area contributed by atoms with E-state index in [0.29, 0.717) is 19.3 Å². The maximum Gasteiger partial charge on any atom is 0.341 e. The summed E-state index contributed by atoms with van der Waals surface area (Å²) >= 11 is 5.60. The van der Waals surface area contributed by atoms with Gasteiger partial charge in [0, 0.05) is 23.2 Å². The summed E-state index contributed by atoms with van der Waals surface area (Å²) in [6, 6.07) is 1.49. The van der Waals surface area contributed by atoms with E-state index in [1.54, 1.807) is 0 Å². The van der Waals surface area contributed by atoms with E-state index >= 15 is 0 Å². The van der Waals surface area contributed by atoms with Crippen LogP contribution < -0.4 is 0 Å². The maximum absolute atomic E-state index is 13.7. The van der Waals surface area contributed by atoms with Crippen molar-refractivity contribution >= 4 is 37.3 Å². The quantitative estimate of drug-likeness (QED) is 0.612. The van der Waals surface area contributed by atoms with Crippen molar-refractivity contribution in [2.24, 2.45) is 5.92 Å². The van der Waals surface area contributed by atoms with E-state index in [2.05, 4.69) is 0 Å². The van der Waals surface area contributed by atoms with E-state index in [1.165, 1.54) is 0 Å². The lowest BCUT2D eigenvalue weighted by Crippen LogP contribution is -2.15. The van der Waals surface area contributed by atoms with Crippen molar-refractivity contribution in [3.8, 4) is 0 Å². The summed E-state index contributed by atoms with van der Waals surface area (Å²) < 4.78 is 46.4. The molecular formula is C12H11Cl2FO5S. The molecule has 1 aromatic carbocycles. The summed E-state index contributed by atoms with van der Waals surface area (Å²) in [5.41, 5.74) is -0.530. The largest absolute Gasteiger partial charge is 0.462 e. The van der Waals surface area contributed by atoms with Gasteiger partial charge in [-0.25, -0.2) is 17.6 Å². The highest BCUT2D eigenvalue weighted by atomic mass is 35.7. The highest BCUT2D eigenvalue weighted by Gasteiger charge is 2.24. The van der Waals surface area contributed by atoms with Crippen molar-refractivity contribution in [3.63, 3.8) is 0 Å². The molecule has 1 aliphatic rings. The standard InChI is InChI=1S/C12H11Cl2FO5S/c13-9-4-10(15)8(3-11(9)21(14,17)18)12(16)20-6-7-1-2-19-5-7/h3-4,7H,1-2,5-6H2. The Morgan fingerprint density at radius 2 is 2.19 bits per heavy atom. The van der Waals surface area contributed by atoms with Gasteiger partial charge in [0.2, 0.25) is 0 Å². The molecule has 0 saturated carbocycles. The number of esters is 1. The number of benzene rings is 1. The minimum Gasteiger partial charge on any atom is -0.462 e. The van der Waals surface area contributed by atoms with Crippen LogP contribution in [-0.2, 0) is 18.5 Å². The number of carbonyl (C=O) groups is 1. The zero-order valence-corrected chi connectivity index (χ0v) is 13.0. The summed E-state index contributed by atoms with van der Waals surface area (Å²) in [5.74, 6) is -1.89. The summed E-state index contributed by atoms with van der Waals surface area (Å²) in [6.07, 6.45) is 0.748. The van der Waals surface area contributed by atoms with E-state index in [0.717, 1.165) is 12.5 Å². The van der Waals surface area contributed by atoms with Crippen LogP contribution in [0.1, 0.15) is 16.8 Å². The van der Waals surface area contributed by atoms with E-state index in [1.807, 2.05) is 0 Å². The topological polar surface area (TPSA) is 69.7 Å². The van der Waals surface area contributed by atoms with Crippen LogP contribution in [0.15, 0.2) is 17.0 Å². The number of hydrogen-bond acceptors (Lipinski definition) is 5. The maximum atomic E-state index is 13.7. The average Bonchev–Trinajstić information content (AvgIpc) is 2.87. The van der Waals surface area contributed by atoms with Gasteiger partial charge in [-0.2, -0.15) is 0 Å². The highest BCUT2D eigenvalue weighted by Crippen LogP contribution is 2.28. The first kappa shape index (κ1) is 16.5. The van der Waals surface area contributed by atoms with Crippen LogP contribution in [-0.4, -0.2) is 34.2 Å². The second-order valence-corrected chi connectivity index (χ2v) is 7.47. The van der Waals surface area contributed by atoms with Gasteiger partial charge < -0.3 is 9.47 Å². The lowest BCUT2D eigenvalue weighted by Gasteiger charge is -2.10. The molecule has 0 radical (unpaired) electrons. The van der Waals surface area contributed by atoms with Crippen molar-refractivity contribution in [1.82, 2.24) is 0 Å². The molecule has 0 aromatic heterocycles. The summed E-state index contributed by atoms with van der Waals surface area (Å²) in [7, 11) is 0.979. The summed E-state index contributed by atoms with van der Waals surface area (Å²) in [5, 5.41) is -0.400. The van der Waals surface area contributed by atoms with Gasteiger partial charge in [-0.3, -0.25) is 0 Å². The lowest BCUT2D eigenvalue weighted by molar-refractivity contribution is 0.0422. The van der Waals surface area contributed by atoms with Gasteiger partial charge in [-0.15, -0.1) is 0 Å². The first-order chi connectivity index (χ1) is 9.79. The fourth-order valence-corrected chi connectivity index (χ4v) is 3.37. The van der Waals surface area contributed by atoms with Gasteiger partial charge in [0.15, 0.2) is 0 Å². The van der Waals surface area contributed by atoms with E-state index in [-0.39, 0.29) is 12.5 Å². The molecule has 0 bridgehead atoms. The summed E-state index contributed by atoms with van der Waals surface area (Å²) in [4.78, 5) is 11.3. The predicted molar refractivity (Wildman–Crippen MR) is 73.7 cm³/mol. The molecule has 1 fully saturated rings. The van der Waals surface area contributed by atoms with Gasteiger partial charge in [0.05, 0.1) is 23.8 Å². The first-order valence-corrected chi connectivity index (χ1v) is 8.66. The molecule has 5 nitrogen and oxygen atoms in total. The zero-order valence-electron chi connectivity index (χ0n) is 10.6. The van der Waals surface area contributed by atoms with Crippen LogP contribution in [0, 0.1) is 11.7 Å². The number of ether oxygens (including phenoxy) is 2. The van der Waals surface area contributed by atoms with Crippen molar-refractivity contribution in [1.29, 1.82) is 0 Å². The molecule has 1 saturated heterocycles. The molecule has 21 heavy (non-hydrogen) atoms. The Labute approximate surface area is 130 Å². The Morgan fingerprint density at radius 1 is 1.48 bits per heavy atom. The van der Waals surface area contributed by atoms with Crippen molar-refractivity contribution in [2.45, 2.75) is 11.3 Å². The Hall–Kier alpha value is -0.890. The summed E-state index contributed by atoms with van der Waals surface area (Å²) in [6.45, 7) is 1.13. The molecule has 0 N–H and O–H groups in total. The second-order valence-electron chi connectivity index (χ2n) is 4.53. The van der Waals surface area contributed by atoms with Crippen molar-refractivity contribution < 1.29 is 27.1 Å². The average molecular weight is 357 g/mol. The minimum atomic E-state index is -4.19. The molecule has 0 aliphatic carbocycles. The number of rotatable bonds is 4. The van der Waals surface area contributed by atoms with Crippen LogP contribution in [0.2, 0.25) is 5.02 Å². The monoisotopic (exact) mass is 356 g/mol. The molecule has 2 rings (SSSR count). The van der Waals surface area contributed by atoms with E-state index in [9.17, 15) is 17.6 Å². The predicted octanol–water partition coefficient (Wildman–Crippen LogP) is 2.60. The molecule has 1 aliphatic heterocycles. The lowest BCUT2D eigenvalue weighted by atomic mass is 10.1. The van der Waals surface area contributed by atoms with Gasteiger partial charge in [-0.1, -0.05) is 11.6 Å². The first-order valence-electron chi connectivity index (χ1n) is 5.97. The SMILES string of the molecule is O=C(OCC1CCOC1)c1cc(S(=O)(=O)Cl)c(Cl)cc1F.